The van der Waals surface area contributed by atoms with Gasteiger partial charge in [0.05, 0.1) is 0 Å². The Morgan fingerprint density at radius 1 is 0.458 bits per heavy atom. The molecule has 0 unspecified atom stereocenters. The van der Waals surface area contributed by atoms with Crippen molar-refractivity contribution in [2.24, 2.45) is 0 Å². The molecule has 0 aromatic heterocycles. The fraction of sp³-hybridized carbons (Fsp3) is 0.0833. The van der Waals surface area contributed by atoms with Gasteiger partial charge in [-0.15, -0.1) is 0 Å². The highest BCUT2D eigenvalue weighted by atomic mass is 14.0. The van der Waals surface area contributed by atoms with E-state index in [0.717, 1.165) is 0 Å². The summed E-state index contributed by atoms with van der Waals surface area (Å²) in [4.78, 5) is 0. The van der Waals surface area contributed by atoms with Crippen LogP contribution in [0.3, 0.4) is 0 Å². The van der Waals surface area contributed by atoms with E-state index in [-0.39, 0.29) is 0 Å². The molecular formula is C24H22. The maximum absolute atomic E-state index is 2.19. The molecule has 0 saturated carbocycles. The van der Waals surface area contributed by atoms with Gasteiger partial charge in [-0.25, -0.2) is 0 Å². The molecule has 0 N–H and O–H groups in total. The number of benzene rings is 3. The summed E-state index contributed by atoms with van der Waals surface area (Å²) in [6.45, 7) is 4.24. The van der Waals surface area contributed by atoms with Crippen molar-refractivity contribution in [1.82, 2.24) is 0 Å². The van der Waals surface area contributed by atoms with Crippen LogP contribution in [0.5, 0.6) is 0 Å². The van der Waals surface area contributed by atoms with Crippen molar-refractivity contribution < 1.29 is 0 Å². The predicted octanol–water partition coefficient (Wildman–Crippen LogP) is 6.64. The van der Waals surface area contributed by atoms with Gasteiger partial charge in [0.25, 0.3) is 0 Å². The molecule has 0 saturated heterocycles. The van der Waals surface area contributed by atoms with E-state index in [9.17, 15) is 0 Å². The molecule has 24 heavy (non-hydrogen) atoms. The second-order valence-electron chi connectivity index (χ2n) is 6.16. The Labute approximate surface area is 144 Å². The third-order valence-corrected chi connectivity index (χ3v) is 3.96. The minimum Gasteiger partial charge on any atom is -0.0614 e. The maximum Gasteiger partial charge on any atom is -0.0254 e. The monoisotopic (exact) mass is 310 g/mol. The first-order valence-electron chi connectivity index (χ1n) is 8.29. The van der Waals surface area contributed by atoms with Crippen molar-refractivity contribution in [3.63, 3.8) is 0 Å². The van der Waals surface area contributed by atoms with Gasteiger partial charge in [0, 0.05) is 0 Å². The van der Waals surface area contributed by atoms with E-state index in [1.807, 2.05) is 0 Å². The molecule has 0 amide bonds. The normalized spacial score (nSPS) is 11.4. The number of aryl methyl sites for hydroxylation is 2. The largest absolute Gasteiger partial charge is 0.0614 e. The lowest BCUT2D eigenvalue weighted by molar-refractivity contribution is 1.46. The molecule has 0 aliphatic rings. The Balaban J connectivity index is 1.69. The van der Waals surface area contributed by atoms with Crippen molar-refractivity contribution >= 4 is 24.3 Å². The number of hydrogen-bond acceptors (Lipinski definition) is 0. The zero-order chi connectivity index (χ0) is 16.8. The highest BCUT2D eigenvalue weighted by Crippen LogP contribution is 2.13. The quantitative estimate of drug-likeness (QED) is 0.473. The summed E-state index contributed by atoms with van der Waals surface area (Å²) in [7, 11) is 0. The van der Waals surface area contributed by atoms with Crippen molar-refractivity contribution in [3.8, 4) is 0 Å². The first-order valence-corrected chi connectivity index (χ1v) is 8.29. The zero-order valence-corrected chi connectivity index (χ0v) is 14.2. The third-order valence-electron chi connectivity index (χ3n) is 3.96. The number of hydrogen-bond donors (Lipinski definition) is 0. The van der Waals surface area contributed by atoms with Crippen LogP contribution < -0.4 is 0 Å². The van der Waals surface area contributed by atoms with Gasteiger partial charge in [-0.1, -0.05) is 108 Å². The van der Waals surface area contributed by atoms with Crippen LogP contribution in [-0.2, 0) is 0 Å². The molecule has 118 valence electrons. The van der Waals surface area contributed by atoms with Crippen LogP contribution in [0.4, 0.5) is 0 Å². The molecule has 0 heterocycles. The smallest absolute Gasteiger partial charge is 0.0254 e. The molecule has 3 aromatic rings. The van der Waals surface area contributed by atoms with E-state index in [1.165, 1.54) is 33.4 Å². The molecule has 0 radical (unpaired) electrons. The van der Waals surface area contributed by atoms with Crippen molar-refractivity contribution in [2.75, 3.05) is 0 Å². The number of rotatable bonds is 4. The van der Waals surface area contributed by atoms with Gasteiger partial charge >= 0.3 is 0 Å². The van der Waals surface area contributed by atoms with Crippen LogP contribution in [0.15, 0.2) is 72.8 Å². The van der Waals surface area contributed by atoms with Crippen molar-refractivity contribution in [1.29, 1.82) is 0 Å². The Hall–Kier alpha value is -2.86. The molecule has 0 fully saturated rings. The predicted molar refractivity (Wildman–Crippen MR) is 107 cm³/mol. The van der Waals surface area contributed by atoms with Crippen LogP contribution in [0.25, 0.3) is 24.3 Å². The Morgan fingerprint density at radius 3 is 1.21 bits per heavy atom. The van der Waals surface area contributed by atoms with Gasteiger partial charge in [-0.2, -0.15) is 0 Å². The van der Waals surface area contributed by atoms with E-state index in [1.54, 1.807) is 0 Å². The van der Waals surface area contributed by atoms with Gasteiger partial charge in [0.15, 0.2) is 0 Å². The van der Waals surface area contributed by atoms with Crippen molar-refractivity contribution in [3.05, 3.63) is 106 Å². The van der Waals surface area contributed by atoms with Crippen LogP contribution in [0.2, 0.25) is 0 Å². The summed E-state index contributed by atoms with van der Waals surface area (Å²) in [6.07, 6.45) is 8.63. The average molecular weight is 310 g/mol. The van der Waals surface area contributed by atoms with Gasteiger partial charge in [-0.3, -0.25) is 0 Å². The lowest BCUT2D eigenvalue weighted by atomic mass is 10.1. The molecular weight excluding hydrogens is 288 g/mol. The summed E-state index contributed by atoms with van der Waals surface area (Å²) in [5.74, 6) is 0. The molecule has 0 aliphatic carbocycles. The molecule has 3 aromatic carbocycles. The van der Waals surface area contributed by atoms with E-state index in [4.69, 9.17) is 0 Å². The third kappa shape index (κ3) is 4.57. The topological polar surface area (TPSA) is 0 Å². The lowest BCUT2D eigenvalue weighted by Gasteiger charge is -1.99. The first-order chi connectivity index (χ1) is 11.7. The molecule has 0 spiro atoms. The summed E-state index contributed by atoms with van der Waals surface area (Å²) >= 11 is 0. The fourth-order valence-electron chi connectivity index (χ4n) is 2.65. The summed E-state index contributed by atoms with van der Waals surface area (Å²) in [5.41, 5.74) is 7.47. The standard InChI is InChI=1S/C24H22/c1-19-5-3-7-23(17-19)15-13-21-9-11-22(12-10-21)14-16-24-8-4-6-20(2)18-24/h3-18H,1-2H3/b15-13+,16-14+. The Kier molecular flexibility index (Phi) is 5.08. The van der Waals surface area contributed by atoms with E-state index in [0.29, 0.717) is 0 Å². The Bertz CT molecular complexity index is 790. The maximum atomic E-state index is 2.19. The van der Waals surface area contributed by atoms with Crippen LogP contribution in [0, 0.1) is 13.8 Å². The molecule has 0 aliphatic heterocycles. The minimum absolute atomic E-state index is 1.21. The lowest BCUT2D eigenvalue weighted by Crippen LogP contribution is -1.77. The summed E-state index contributed by atoms with van der Waals surface area (Å²) in [6, 6.07) is 25.7. The van der Waals surface area contributed by atoms with Gasteiger partial charge in [0.1, 0.15) is 0 Å². The van der Waals surface area contributed by atoms with Gasteiger partial charge < -0.3 is 0 Å². The second-order valence-corrected chi connectivity index (χ2v) is 6.16. The Morgan fingerprint density at radius 2 is 0.833 bits per heavy atom. The molecule has 0 atom stereocenters. The van der Waals surface area contributed by atoms with Crippen LogP contribution in [-0.4, -0.2) is 0 Å². The van der Waals surface area contributed by atoms with Gasteiger partial charge in [-0.05, 0) is 36.1 Å². The molecule has 0 nitrogen and oxygen atoms in total. The molecule has 0 bridgehead atoms. The average Bonchev–Trinajstić information content (AvgIpc) is 2.59. The molecule has 3 rings (SSSR count). The van der Waals surface area contributed by atoms with Crippen molar-refractivity contribution in [2.45, 2.75) is 13.8 Å². The fourth-order valence-corrected chi connectivity index (χ4v) is 2.65. The summed E-state index contributed by atoms with van der Waals surface area (Å²) < 4.78 is 0. The first kappa shape index (κ1) is 16.0. The van der Waals surface area contributed by atoms with E-state index >= 15 is 0 Å². The highest BCUT2D eigenvalue weighted by Gasteiger charge is 1.92. The zero-order valence-electron chi connectivity index (χ0n) is 14.2. The SMILES string of the molecule is Cc1cccc(/C=C/c2ccc(/C=C/c3cccc(C)c3)cc2)c1. The van der Waals surface area contributed by atoms with Crippen LogP contribution in [0.1, 0.15) is 33.4 Å². The van der Waals surface area contributed by atoms with E-state index < -0.39 is 0 Å². The minimum atomic E-state index is 1.21. The van der Waals surface area contributed by atoms with E-state index in [2.05, 4.69) is 111 Å². The summed E-state index contributed by atoms with van der Waals surface area (Å²) in [5, 5.41) is 0. The van der Waals surface area contributed by atoms with Crippen LogP contribution >= 0.6 is 0 Å². The second kappa shape index (κ2) is 7.61. The molecule has 0 heteroatoms. The highest BCUT2D eigenvalue weighted by molar-refractivity contribution is 5.73. The van der Waals surface area contributed by atoms with Gasteiger partial charge in [0.2, 0.25) is 0 Å².